The topological polar surface area (TPSA) is 116 Å². The van der Waals surface area contributed by atoms with Crippen LogP contribution in [-0.2, 0) is 11.3 Å². The molecule has 8 heteroatoms. The summed E-state index contributed by atoms with van der Waals surface area (Å²) in [5.41, 5.74) is 9.14. The van der Waals surface area contributed by atoms with Crippen molar-refractivity contribution < 1.29 is 14.6 Å². The lowest BCUT2D eigenvalue weighted by Crippen LogP contribution is -2.49. The van der Waals surface area contributed by atoms with E-state index < -0.39 is 6.61 Å². The Labute approximate surface area is 192 Å². The van der Waals surface area contributed by atoms with Gasteiger partial charge in [-0.2, -0.15) is 0 Å². The Morgan fingerprint density at radius 3 is 2.48 bits per heavy atom. The molecule has 4 rings (SSSR count). The van der Waals surface area contributed by atoms with E-state index in [9.17, 15) is 4.79 Å². The number of ether oxygens (including phenoxy) is 1. The zero-order valence-electron chi connectivity index (χ0n) is 18.3. The van der Waals surface area contributed by atoms with Crippen molar-refractivity contribution in [1.29, 1.82) is 5.41 Å². The molecule has 8 nitrogen and oxygen atoms in total. The van der Waals surface area contributed by atoms with Crippen molar-refractivity contribution >= 4 is 28.7 Å². The van der Waals surface area contributed by atoms with Gasteiger partial charge in [0.25, 0.3) is 0 Å². The number of carbonyl (C=O) groups excluding carboxylic acids is 1. The van der Waals surface area contributed by atoms with Gasteiger partial charge in [-0.3, -0.25) is 14.7 Å². The van der Waals surface area contributed by atoms with Gasteiger partial charge in [-0.25, -0.2) is 0 Å². The summed E-state index contributed by atoms with van der Waals surface area (Å²) < 4.78 is 5.98. The number of nitrogens with two attached hydrogens (primary N) is 1. The molecular formula is C25H27N5O3. The third kappa shape index (κ3) is 5.54. The fourth-order valence-electron chi connectivity index (χ4n) is 3.82. The molecule has 0 radical (unpaired) electrons. The Bertz CT molecular complexity index is 1170. The van der Waals surface area contributed by atoms with Gasteiger partial charge in [-0.15, -0.1) is 0 Å². The summed E-state index contributed by atoms with van der Waals surface area (Å²) in [5.74, 6) is 1.21. The first-order valence-corrected chi connectivity index (χ1v) is 10.8. The van der Waals surface area contributed by atoms with Crippen LogP contribution in [0, 0.1) is 5.41 Å². The highest BCUT2D eigenvalue weighted by Gasteiger charge is 2.20. The van der Waals surface area contributed by atoms with Crippen LogP contribution in [-0.4, -0.2) is 64.8 Å². The molecule has 3 aromatic rings. The van der Waals surface area contributed by atoms with Crippen LogP contribution in [0.1, 0.15) is 11.3 Å². The van der Waals surface area contributed by atoms with E-state index >= 15 is 0 Å². The Hall–Kier alpha value is -3.75. The molecule has 0 spiro atoms. The number of nitrogens with one attached hydrogen (secondary N) is 1. The number of allylic oxidation sites excluding steroid dienone is 1. The van der Waals surface area contributed by atoms with E-state index in [4.69, 9.17) is 26.0 Å². The number of pyridine rings is 1. The zero-order chi connectivity index (χ0) is 23.2. The summed E-state index contributed by atoms with van der Waals surface area (Å²) in [7, 11) is 0. The minimum atomic E-state index is -0.430. The number of carbonyl (C=O) groups is 1. The SMILES string of the molecule is N=C/C=C(\N)c1ccc(Oc2ccc3nc(CN4CCN(C(=O)CO)CC4)ccc3c2)cc1. The van der Waals surface area contributed by atoms with Crippen LogP contribution < -0.4 is 10.5 Å². The number of hydrogen-bond donors (Lipinski definition) is 3. The number of hydrogen-bond acceptors (Lipinski definition) is 7. The van der Waals surface area contributed by atoms with E-state index in [0.29, 0.717) is 24.5 Å². The molecule has 1 aliphatic heterocycles. The quantitative estimate of drug-likeness (QED) is 0.482. The molecule has 1 amide bonds. The van der Waals surface area contributed by atoms with Crippen LogP contribution >= 0.6 is 0 Å². The standard InChI is InChI=1S/C25H27N5O3/c26-10-9-23(27)18-2-5-21(6-3-18)33-22-7-8-24-19(15-22)1-4-20(28-24)16-29-11-13-30(14-12-29)25(32)17-31/h1-10,15,26,31H,11-14,16-17,27H2/b23-9-,26-10?. The molecule has 0 unspecified atom stereocenters. The summed E-state index contributed by atoms with van der Waals surface area (Å²) >= 11 is 0. The molecule has 33 heavy (non-hydrogen) atoms. The molecular weight excluding hydrogens is 418 g/mol. The number of benzene rings is 2. The van der Waals surface area contributed by atoms with Gasteiger partial charge in [0, 0.05) is 50.0 Å². The second-order valence-electron chi connectivity index (χ2n) is 7.89. The summed E-state index contributed by atoms with van der Waals surface area (Å²) in [5, 5.41) is 17.1. The van der Waals surface area contributed by atoms with Gasteiger partial charge in [0.2, 0.25) is 5.91 Å². The number of piperazine rings is 1. The van der Waals surface area contributed by atoms with E-state index in [2.05, 4.69) is 4.90 Å². The first kappa shape index (κ1) is 22.4. The lowest BCUT2D eigenvalue weighted by Gasteiger charge is -2.34. The predicted molar refractivity (Wildman–Crippen MR) is 128 cm³/mol. The molecule has 0 atom stereocenters. The maximum Gasteiger partial charge on any atom is 0.248 e. The van der Waals surface area contributed by atoms with E-state index in [1.165, 1.54) is 0 Å². The van der Waals surface area contributed by atoms with E-state index in [1.54, 1.807) is 11.0 Å². The minimum absolute atomic E-state index is 0.212. The average Bonchev–Trinajstić information content (AvgIpc) is 2.84. The number of fused-ring (bicyclic) bond motifs is 1. The van der Waals surface area contributed by atoms with Crippen LogP contribution in [0.4, 0.5) is 0 Å². The maximum atomic E-state index is 11.6. The number of amides is 1. The second-order valence-corrected chi connectivity index (χ2v) is 7.89. The van der Waals surface area contributed by atoms with Crippen molar-refractivity contribution in [2.75, 3.05) is 32.8 Å². The summed E-state index contributed by atoms with van der Waals surface area (Å²) in [6, 6.07) is 17.3. The van der Waals surface area contributed by atoms with Gasteiger partial charge in [-0.1, -0.05) is 6.07 Å². The third-order valence-electron chi connectivity index (χ3n) is 5.65. The maximum absolute atomic E-state index is 11.6. The molecule has 1 saturated heterocycles. The molecule has 1 aromatic heterocycles. The van der Waals surface area contributed by atoms with Crippen molar-refractivity contribution in [1.82, 2.24) is 14.8 Å². The lowest BCUT2D eigenvalue weighted by molar-refractivity contribution is -0.136. The molecule has 2 heterocycles. The first-order valence-electron chi connectivity index (χ1n) is 10.8. The Balaban J connectivity index is 1.39. The van der Waals surface area contributed by atoms with E-state index in [1.807, 2.05) is 54.6 Å². The van der Waals surface area contributed by atoms with Gasteiger partial charge < -0.3 is 25.9 Å². The van der Waals surface area contributed by atoms with Gasteiger partial charge >= 0.3 is 0 Å². The third-order valence-corrected chi connectivity index (χ3v) is 5.65. The minimum Gasteiger partial charge on any atom is -0.457 e. The van der Waals surface area contributed by atoms with Crippen molar-refractivity contribution in [3.05, 3.63) is 71.9 Å². The molecule has 0 bridgehead atoms. The normalized spacial score (nSPS) is 14.9. The summed E-state index contributed by atoms with van der Waals surface area (Å²) in [4.78, 5) is 20.3. The van der Waals surface area contributed by atoms with Crippen molar-refractivity contribution in [2.24, 2.45) is 5.73 Å². The van der Waals surface area contributed by atoms with Crippen LogP contribution in [0.15, 0.2) is 60.7 Å². The average molecular weight is 446 g/mol. The number of aliphatic hydroxyl groups is 1. The van der Waals surface area contributed by atoms with Crippen LogP contribution in [0.25, 0.3) is 16.6 Å². The molecule has 170 valence electrons. The molecule has 4 N–H and O–H groups in total. The Kier molecular flexibility index (Phi) is 6.97. The predicted octanol–water partition coefficient (Wildman–Crippen LogP) is 2.61. The molecule has 1 fully saturated rings. The van der Waals surface area contributed by atoms with Crippen LogP contribution in [0.2, 0.25) is 0 Å². The smallest absolute Gasteiger partial charge is 0.248 e. The lowest BCUT2D eigenvalue weighted by atomic mass is 10.1. The second kappa shape index (κ2) is 10.2. The van der Waals surface area contributed by atoms with Gasteiger partial charge in [0.1, 0.15) is 18.1 Å². The molecule has 0 saturated carbocycles. The van der Waals surface area contributed by atoms with Gasteiger partial charge in [0.15, 0.2) is 0 Å². The Morgan fingerprint density at radius 2 is 1.79 bits per heavy atom. The molecule has 0 aliphatic carbocycles. The highest BCUT2D eigenvalue weighted by molar-refractivity contribution is 5.82. The monoisotopic (exact) mass is 445 g/mol. The van der Waals surface area contributed by atoms with E-state index in [0.717, 1.165) is 53.8 Å². The van der Waals surface area contributed by atoms with Gasteiger partial charge in [-0.05, 0) is 60.2 Å². The Morgan fingerprint density at radius 1 is 1.06 bits per heavy atom. The highest BCUT2D eigenvalue weighted by Crippen LogP contribution is 2.26. The number of aliphatic hydroxyl groups excluding tert-OH is 1. The molecule has 1 aliphatic rings. The van der Waals surface area contributed by atoms with E-state index in [-0.39, 0.29) is 5.91 Å². The van der Waals surface area contributed by atoms with Crippen molar-refractivity contribution in [2.45, 2.75) is 6.54 Å². The summed E-state index contributed by atoms with van der Waals surface area (Å²) in [6.07, 6.45) is 2.70. The van der Waals surface area contributed by atoms with Gasteiger partial charge in [0.05, 0.1) is 11.2 Å². The van der Waals surface area contributed by atoms with Crippen LogP contribution in [0.3, 0.4) is 0 Å². The fraction of sp³-hybridized carbons (Fsp3) is 0.240. The number of aromatic nitrogens is 1. The zero-order valence-corrected chi connectivity index (χ0v) is 18.3. The number of nitrogens with zero attached hydrogens (tertiary/aromatic N) is 3. The van der Waals surface area contributed by atoms with Crippen LogP contribution in [0.5, 0.6) is 11.5 Å². The number of rotatable bonds is 7. The largest absolute Gasteiger partial charge is 0.457 e. The summed E-state index contributed by atoms with van der Waals surface area (Å²) in [6.45, 7) is 3.07. The highest BCUT2D eigenvalue weighted by atomic mass is 16.5. The van der Waals surface area contributed by atoms with Crippen molar-refractivity contribution in [3.8, 4) is 11.5 Å². The molecule has 2 aromatic carbocycles. The fourth-order valence-corrected chi connectivity index (χ4v) is 3.82. The first-order chi connectivity index (χ1) is 16.1. The van der Waals surface area contributed by atoms with Crippen molar-refractivity contribution in [3.63, 3.8) is 0 Å².